The first-order chi connectivity index (χ1) is 10.2. The van der Waals surface area contributed by atoms with Crippen LogP contribution in [0.15, 0.2) is 61.8 Å². The number of hydrogen-bond acceptors (Lipinski definition) is 3. The molecule has 2 heterocycles. The van der Waals surface area contributed by atoms with Crippen molar-refractivity contribution in [2.75, 3.05) is 5.73 Å². The van der Waals surface area contributed by atoms with Crippen LogP contribution in [0.25, 0.3) is 23.1 Å². The van der Waals surface area contributed by atoms with Gasteiger partial charge in [0.2, 0.25) is 0 Å². The van der Waals surface area contributed by atoms with E-state index in [-0.39, 0.29) is 51.4 Å². The summed E-state index contributed by atoms with van der Waals surface area (Å²) in [6, 6.07) is 16.5. The van der Waals surface area contributed by atoms with E-state index in [9.17, 15) is 0 Å². The second kappa shape index (κ2) is 9.66. The monoisotopic (exact) mass is 313 g/mol. The number of aromatic nitrogens is 2. The Labute approximate surface area is 173 Å². The standard InChI is InChI=1S/C9H10N2.C9H6N.K/c1-3-7-5-6-9(10)11-8(7)4-2;1-2-6-9-8(4-1)5-3-7-10-9;/h3-6H,1-2H2,(H2,10,11);1-2,4-7H;/q;-1;+1. The van der Waals surface area contributed by atoms with Crippen LogP contribution in [0.2, 0.25) is 0 Å². The van der Waals surface area contributed by atoms with Gasteiger partial charge >= 0.3 is 51.4 Å². The second-order valence-electron chi connectivity index (χ2n) is 4.25. The van der Waals surface area contributed by atoms with Gasteiger partial charge in [-0.15, -0.1) is 11.5 Å². The molecule has 0 aliphatic carbocycles. The third kappa shape index (κ3) is 5.16. The van der Waals surface area contributed by atoms with Gasteiger partial charge in [-0.2, -0.15) is 0 Å². The molecule has 2 aromatic heterocycles. The Morgan fingerprint density at radius 1 is 1.05 bits per heavy atom. The minimum atomic E-state index is 0. The van der Waals surface area contributed by atoms with Crippen LogP contribution in [0.3, 0.4) is 0 Å². The van der Waals surface area contributed by atoms with Crippen LogP contribution in [-0.4, -0.2) is 9.97 Å². The van der Waals surface area contributed by atoms with E-state index in [1.807, 2.05) is 36.4 Å². The maximum Gasteiger partial charge on any atom is 1.00 e. The fourth-order valence-corrected chi connectivity index (χ4v) is 1.80. The van der Waals surface area contributed by atoms with Gasteiger partial charge in [-0.25, -0.2) is 17.1 Å². The molecule has 0 aliphatic heterocycles. The van der Waals surface area contributed by atoms with Gasteiger partial charge < -0.3 is 5.73 Å². The molecule has 0 bridgehead atoms. The third-order valence-corrected chi connectivity index (χ3v) is 2.85. The number of hydrogen-bond donors (Lipinski definition) is 1. The number of rotatable bonds is 2. The summed E-state index contributed by atoms with van der Waals surface area (Å²) in [5.41, 5.74) is 8.22. The average Bonchev–Trinajstić information content (AvgIpc) is 2.55. The molecule has 0 saturated heterocycles. The molecular formula is C18H16KN3. The van der Waals surface area contributed by atoms with E-state index in [0.717, 1.165) is 22.2 Å². The van der Waals surface area contributed by atoms with Crippen molar-refractivity contribution in [2.45, 2.75) is 0 Å². The molecule has 0 atom stereocenters. The van der Waals surface area contributed by atoms with Crippen molar-refractivity contribution in [3.05, 3.63) is 79.1 Å². The van der Waals surface area contributed by atoms with Crippen LogP contribution in [0.4, 0.5) is 5.82 Å². The number of nitrogens with two attached hydrogens (primary N) is 1. The Morgan fingerprint density at radius 3 is 2.50 bits per heavy atom. The second-order valence-corrected chi connectivity index (χ2v) is 4.25. The van der Waals surface area contributed by atoms with Crippen LogP contribution in [0.5, 0.6) is 0 Å². The number of nitrogen functional groups attached to an aromatic ring is 1. The van der Waals surface area contributed by atoms with Gasteiger partial charge in [-0.1, -0.05) is 43.6 Å². The van der Waals surface area contributed by atoms with E-state index >= 15 is 0 Å². The predicted molar refractivity (Wildman–Crippen MR) is 89.4 cm³/mol. The molecule has 22 heavy (non-hydrogen) atoms. The Balaban J connectivity index is 0.000000211. The zero-order valence-corrected chi connectivity index (χ0v) is 15.8. The maximum atomic E-state index is 5.46. The molecule has 3 aromatic rings. The van der Waals surface area contributed by atoms with Gasteiger partial charge in [0.15, 0.2) is 0 Å². The van der Waals surface area contributed by atoms with Gasteiger partial charge in [0, 0.05) is 0 Å². The fourth-order valence-electron chi connectivity index (χ4n) is 1.80. The van der Waals surface area contributed by atoms with E-state index < -0.39 is 0 Å². The quantitative estimate of drug-likeness (QED) is 0.567. The van der Waals surface area contributed by atoms with E-state index in [2.05, 4.69) is 29.2 Å². The first-order valence-electron chi connectivity index (χ1n) is 6.47. The van der Waals surface area contributed by atoms with Crippen molar-refractivity contribution in [3.8, 4) is 0 Å². The molecule has 0 radical (unpaired) electrons. The van der Waals surface area contributed by atoms with Crippen molar-refractivity contribution in [1.82, 2.24) is 9.97 Å². The number of fused-ring (bicyclic) bond motifs is 1. The van der Waals surface area contributed by atoms with E-state index in [1.54, 1.807) is 24.4 Å². The summed E-state index contributed by atoms with van der Waals surface area (Å²) in [4.78, 5) is 8.18. The third-order valence-electron chi connectivity index (χ3n) is 2.85. The molecule has 0 amide bonds. The summed E-state index contributed by atoms with van der Waals surface area (Å²) in [6.07, 6.45) is 5.07. The number of pyridine rings is 2. The molecule has 0 fully saturated rings. The van der Waals surface area contributed by atoms with E-state index in [0.29, 0.717) is 5.82 Å². The van der Waals surface area contributed by atoms with Crippen molar-refractivity contribution in [3.63, 3.8) is 0 Å². The zero-order valence-electron chi connectivity index (χ0n) is 12.7. The van der Waals surface area contributed by atoms with E-state index in [4.69, 9.17) is 5.73 Å². The first-order valence-corrected chi connectivity index (χ1v) is 6.47. The van der Waals surface area contributed by atoms with Gasteiger partial charge in [-0.3, -0.25) is 4.98 Å². The molecule has 0 unspecified atom stereocenters. The van der Waals surface area contributed by atoms with Crippen molar-refractivity contribution in [2.24, 2.45) is 0 Å². The summed E-state index contributed by atoms with van der Waals surface area (Å²) in [5, 5.41) is 1.14. The van der Waals surface area contributed by atoms with Crippen LogP contribution in [0.1, 0.15) is 11.3 Å². The summed E-state index contributed by atoms with van der Waals surface area (Å²) >= 11 is 0. The smallest absolute Gasteiger partial charge is 0.384 e. The van der Waals surface area contributed by atoms with Crippen molar-refractivity contribution in [1.29, 1.82) is 0 Å². The molecule has 3 nitrogen and oxygen atoms in total. The number of nitrogens with zero attached hydrogens (tertiary/aromatic N) is 2. The Morgan fingerprint density at radius 2 is 1.82 bits per heavy atom. The Hall–Kier alpha value is -1.30. The average molecular weight is 313 g/mol. The summed E-state index contributed by atoms with van der Waals surface area (Å²) < 4.78 is 0. The van der Waals surface area contributed by atoms with Gasteiger partial charge in [0.1, 0.15) is 5.82 Å². The Bertz CT molecular complexity index is 704. The molecule has 104 valence electrons. The summed E-state index contributed by atoms with van der Waals surface area (Å²) in [5.74, 6) is 0.505. The van der Waals surface area contributed by atoms with Crippen molar-refractivity contribution < 1.29 is 51.4 Å². The topological polar surface area (TPSA) is 51.8 Å². The van der Waals surface area contributed by atoms with Crippen LogP contribution in [-0.2, 0) is 0 Å². The minimum Gasteiger partial charge on any atom is -0.384 e. The van der Waals surface area contributed by atoms with Crippen LogP contribution < -0.4 is 57.1 Å². The fraction of sp³-hybridized carbons (Fsp3) is 0. The molecule has 0 spiro atoms. The first kappa shape index (κ1) is 18.7. The predicted octanol–water partition coefficient (Wildman–Crippen LogP) is 0.989. The molecular weight excluding hydrogens is 297 g/mol. The molecule has 0 saturated carbocycles. The van der Waals surface area contributed by atoms with E-state index in [1.165, 1.54) is 0 Å². The number of benzene rings is 1. The van der Waals surface area contributed by atoms with Crippen LogP contribution >= 0.6 is 0 Å². The molecule has 3 rings (SSSR count). The molecule has 2 N–H and O–H groups in total. The summed E-state index contributed by atoms with van der Waals surface area (Å²) in [6.45, 7) is 7.26. The zero-order chi connectivity index (χ0) is 15.1. The van der Waals surface area contributed by atoms with Crippen molar-refractivity contribution >= 4 is 28.9 Å². The largest absolute Gasteiger partial charge is 1.00 e. The van der Waals surface area contributed by atoms with Crippen LogP contribution in [0, 0.1) is 6.07 Å². The Kier molecular flexibility index (Phi) is 8.23. The molecule has 0 aliphatic rings. The molecule has 1 aromatic carbocycles. The number of para-hydroxylation sites is 1. The maximum absolute atomic E-state index is 5.46. The van der Waals surface area contributed by atoms with Gasteiger partial charge in [-0.05, 0) is 29.3 Å². The summed E-state index contributed by atoms with van der Waals surface area (Å²) in [7, 11) is 0. The SMILES string of the molecule is C=Cc1ccc(N)nc1C=C.[K+].[c-]1cnc2ccccc2c1. The van der Waals surface area contributed by atoms with Gasteiger partial charge in [0.25, 0.3) is 0 Å². The number of anilines is 1. The van der Waals surface area contributed by atoms with Gasteiger partial charge in [0.05, 0.1) is 5.69 Å². The molecule has 4 heteroatoms. The normalized spacial score (nSPS) is 9.09. The minimum absolute atomic E-state index is 0.